The number of carbonyl (C=O) groups excluding carboxylic acids is 1. The van der Waals surface area contributed by atoms with Crippen molar-refractivity contribution < 1.29 is 13.2 Å². The molecule has 158 valence electrons. The first-order valence-electron chi connectivity index (χ1n) is 10.4. The maximum Gasteiger partial charge on any atom is 0.254 e. The van der Waals surface area contributed by atoms with Gasteiger partial charge in [-0.3, -0.25) is 4.79 Å². The Morgan fingerprint density at radius 3 is 2.70 bits per heavy atom. The number of nitrogens with zero attached hydrogens (tertiary/aromatic N) is 4. The lowest BCUT2D eigenvalue weighted by atomic mass is 10.0. The van der Waals surface area contributed by atoms with Gasteiger partial charge in [0.2, 0.25) is 0 Å². The van der Waals surface area contributed by atoms with Crippen LogP contribution in [0.5, 0.6) is 0 Å². The van der Waals surface area contributed by atoms with Crippen molar-refractivity contribution in [3.8, 4) is 10.6 Å². The maximum absolute atomic E-state index is 13.5. The van der Waals surface area contributed by atoms with E-state index >= 15 is 0 Å². The highest BCUT2D eigenvalue weighted by molar-refractivity contribution is 7.91. The highest BCUT2D eigenvalue weighted by Gasteiger charge is 2.33. The smallest absolute Gasteiger partial charge is 0.254 e. The average Bonchev–Trinajstić information content (AvgIpc) is 3.47. The van der Waals surface area contributed by atoms with Gasteiger partial charge in [-0.25, -0.2) is 18.1 Å². The minimum atomic E-state index is -3.06. The Morgan fingerprint density at radius 2 is 2.03 bits per heavy atom. The molecule has 0 aromatic carbocycles. The molecule has 1 atom stereocenters. The minimum absolute atomic E-state index is 0.0154. The number of amides is 1. The quantitative estimate of drug-likeness (QED) is 0.618. The summed E-state index contributed by atoms with van der Waals surface area (Å²) in [7, 11) is -3.06. The lowest BCUT2D eigenvalue weighted by Gasteiger charge is -2.27. The van der Waals surface area contributed by atoms with Crippen molar-refractivity contribution in [2.75, 3.05) is 24.6 Å². The fourth-order valence-corrected chi connectivity index (χ4v) is 6.90. The molecule has 2 aliphatic rings. The van der Waals surface area contributed by atoms with Crippen molar-refractivity contribution in [3.05, 3.63) is 34.8 Å². The molecule has 7 nitrogen and oxygen atoms in total. The number of aryl methyl sites for hydroxylation is 1. The van der Waals surface area contributed by atoms with Gasteiger partial charge in [-0.15, -0.1) is 11.3 Å². The summed E-state index contributed by atoms with van der Waals surface area (Å²) in [6, 6.07) is 5.59. The van der Waals surface area contributed by atoms with Crippen molar-refractivity contribution in [2.24, 2.45) is 0 Å². The molecule has 2 fully saturated rings. The standard InChI is InChI=1S/C21H24N4O3S2/c1-14-19-16(21(26)24-8-3-2-4-9-24)12-17(18-6-5-10-29-18)22-20(19)25(23-14)15-7-11-30(27,28)13-15/h5-6,10,12,15H,2-4,7-9,11,13H2,1H3/t15-/m0/s1. The first-order chi connectivity index (χ1) is 14.4. The van der Waals surface area contributed by atoms with Crippen molar-refractivity contribution in [2.45, 2.75) is 38.6 Å². The van der Waals surface area contributed by atoms with E-state index in [4.69, 9.17) is 4.98 Å². The van der Waals surface area contributed by atoms with Gasteiger partial charge >= 0.3 is 0 Å². The molecule has 0 aliphatic carbocycles. The monoisotopic (exact) mass is 444 g/mol. The molecular formula is C21H24N4O3S2. The molecule has 5 rings (SSSR count). The third-order valence-electron chi connectivity index (χ3n) is 6.04. The predicted octanol–water partition coefficient (Wildman–Crippen LogP) is 3.45. The van der Waals surface area contributed by atoms with E-state index in [0.29, 0.717) is 17.6 Å². The van der Waals surface area contributed by atoms with Gasteiger partial charge in [-0.2, -0.15) is 5.10 Å². The van der Waals surface area contributed by atoms with Crippen molar-refractivity contribution in [1.29, 1.82) is 0 Å². The number of hydrogen-bond acceptors (Lipinski definition) is 6. The van der Waals surface area contributed by atoms with Gasteiger partial charge in [0.05, 0.1) is 44.8 Å². The number of pyridine rings is 1. The zero-order valence-electron chi connectivity index (χ0n) is 16.9. The number of aromatic nitrogens is 3. The van der Waals surface area contributed by atoms with Crippen LogP contribution >= 0.6 is 11.3 Å². The molecule has 3 aromatic rings. The van der Waals surface area contributed by atoms with E-state index in [-0.39, 0.29) is 23.5 Å². The summed E-state index contributed by atoms with van der Waals surface area (Å²) in [6.07, 6.45) is 3.73. The first-order valence-corrected chi connectivity index (χ1v) is 13.1. The van der Waals surface area contributed by atoms with Crippen molar-refractivity contribution in [3.63, 3.8) is 0 Å². The summed E-state index contributed by atoms with van der Waals surface area (Å²) >= 11 is 1.57. The van der Waals surface area contributed by atoms with Crippen LogP contribution in [0.3, 0.4) is 0 Å². The van der Waals surface area contributed by atoms with E-state index in [1.807, 2.05) is 35.4 Å². The van der Waals surface area contributed by atoms with Gasteiger partial charge in [0.1, 0.15) is 0 Å². The van der Waals surface area contributed by atoms with Gasteiger partial charge in [0.25, 0.3) is 5.91 Å². The Labute approximate surface area is 179 Å². The normalized spacial score (nSPS) is 21.4. The van der Waals surface area contributed by atoms with Gasteiger partial charge in [-0.1, -0.05) is 6.07 Å². The fourth-order valence-electron chi connectivity index (χ4n) is 4.52. The Hall–Kier alpha value is -2.26. The third kappa shape index (κ3) is 3.43. The zero-order valence-corrected chi connectivity index (χ0v) is 18.5. The minimum Gasteiger partial charge on any atom is -0.339 e. The largest absolute Gasteiger partial charge is 0.339 e. The van der Waals surface area contributed by atoms with Gasteiger partial charge < -0.3 is 4.90 Å². The SMILES string of the molecule is Cc1nn([C@H]2CCS(=O)(=O)C2)c2nc(-c3cccs3)cc(C(=O)N3CCCCC3)c12. The van der Waals surface area contributed by atoms with Gasteiger partial charge in [0, 0.05) is 13.1 Å². The molecule has 0 bridgehead atoms. The molecule has 30 heavy (non-hydrogen) atoms. The third-order valence-corrected chi connectivity index (χ3v) is 8.68. The summed E-state index contributed by atoms with van der Waals surface area (Å²) in [5, 5.41) is 7.40. The topological polar surface area (TPSA) is 85.2 Å². The van der Waals surface area contributed by atoms with Crippen LogP contribution in [-0.2, 0) is 9.84 Å². The van der Waals surface area contributed by atoms with E-state index in [1.165, 1.54) is 0 Å². The maximum atomic E-state index is 13.5. The van der Waals surface area contributed by atoms with Crippen LogP contribution in [0.1, 0.15) is 47.8 Å². The zero-order chi connectivity index (χ0) is 20.9. The molecule has 0 unspecified atom stereocenters. The molecule has 5 heterocycles. The molecule has 2 saturated heterocycles. The lowest BCUT2D eigenvalue weighted by molar-refractivity contribution is 0.0726. The molecular weight excluding hydrogens is 420 g/mol. The fraction of sp³-hybridized carbons (Fsp3) is 0.476. The summed E-state index contributed by atoms with van der Waals surface area (Å²) < 4.78 is 25.9. The Balaban J connectivity index is 1.69. The van der Waals surface area contributed by atoms with E-state index in [0.717, 1.165) is 54.0 Å². The first kappa shape index (κ1) is 19.7. The predicted molar refractivity (Wildman–Crippen MR) is 118 cm³/mol. The van der Waals surface area contributed by atoms with Crippen LogP contribution in [0.2, 0.25) is 0 Å². The Bertz CT molecular complexity index is 1210. The second kappa shape index (κ2) is 7.46. The number of sulfone groups is 1. The van der Waals surface area contributed by atoms with Crippen molar-refractivity contribution in [1.82, 2.24) is 19.7 Å². The molecule has 9 heteroatoms. The summed E-state index contributed by atoms with van der Waals surface area (Å²) in [5.41, 5.74) is 2.69. The number of likely N-dealkylation sites (tertiary alicyclic amines) is 1. The number of piperidine rings is 1. The number of fused-ring (bicyclic) bond motifs is 1. The molecule has 0 radical (unpaired) electrons. The average molecular weight is 445 g/mol. The molecule has 3 aromatic heterocycles. The number of thiophene rings is 1. The summed E-state index contributed by atoms with van der Waals surface area (Å²) in [4.78, 5) is 21.3. The number of carbonyl (C=O) groups is 1. The highest BCUT2D eigenvalue weighted by Crippen LogP contribution is 2.34. The summed E-state index contributed by atoms with van der Waals surface area (Å²) in [5.74, 6) is 0.257. The molecule has 0 saturated carbocycles. The van der Waals surface area contributed by atoms with Crippen LogP contribution in [0.15, 0.2) is 23.6 Å². The van der Waals surface area contributed by atoms with E-state index < -0.39 is 9.84 Å². The molecule has 0 N–H and O–H groups in total. The Morgan fingerprint density at radius 1 is 1.23 bits per heavy atom. The van der Waals surface area contributed by atoms with E-state index in [1.54, 1.807) is 16.0 Å². The molecule has 2 aliphatic heterocycles. The second-order valence-corrected chi connectivity index (χ2v) is 11.3. The Kier molecular flexibility index (Phi) is 4.89. The highest BCUT2D eigenvalue weighted by atomic mass is 32.2. The van der Waals surface area contributed by atoms with E-state index in [9.17, 15) is 13.2 Å². The van der Waals surface area contributed by atoms with Crippen LogP contribution in [-0.4, -0.2) is 58.6 Å². The van der Waals surface area contributed by atoms with Crippen LogP contribution in [0, 0.1) is 6.92 Å². The van der Waals surface area contributed by atoms with Crippen LogP contribution in [0.4, 0.5) is 0 Å². The van der Waals surface area contributed by atoms with Gasteiger partial charge in [-0.05, 0) is 50.1 Å². The second-order valence-electron chi connectivity index (χ2n) is 8.17. The lowest BCUT2D eigenvalue weighted by Crippen LogP contribution is -2.35. The molecule has 1 amide bonds. The number of rotatable bonds is 3. The van der Waals surface area contributed by atoms with E-state index in [2.05, 4.69) is 5.10 Å². The summed E-state index contributed by atoms with van der Waals surface area (Å²) in [6.45, 7) is 3.41. The molecule has 0 spiro atoms. The van der Waals surface area contributed by atoms with Crippen LogP contribution < -0.4 is 0 Å². The number of hydrogen-bond donors (Lipinski definition) is 0. The van der Waals surface area contributed by atoms with Crippen molar-refractivity contribution >= 4 is 38.1 Å². The van der Waals surface area contributed by atoms with Gasteiger partial charge in [0.15, 0.2) is 15.5 Å². The van der Waals surface area contributed by atoms with Crippen LogP contribution in [0.25, 0.3) is 21.6 Å².